The minimum Gasteiger partial charge on any atom is -0.392 e. The smallest absolute Gasteiger partial charge is 0.253 e. The van der Waals surface area contributed by atoms with Crippen molar-refractivity contribution in [1.82, 2.24) is 14.5 Å². The minimum atomic E-state index is -0.404. The van der Waals surface area contributed by atoms with Gasteiger partial charge >= 0.3 is 0 Å². The molecule has 3 fully saturated rings. The highest BCUT2D eigenvalue weighted by Gasteiger charge is 2.52. The standard InChI is InChI=1S/C24H37N3O3/c1-18(14-19-6-3-2-4-7-19)23(30)26-13-10-20(15-27-17-25-12-9-22(27)29)24(16-26)11-5-8-21(24)28/h9,12,17-21,28H,2-8,10-11,13-16H2,1H3/t18-,20?,21?,24?/m1/s1. The lowest BCUT2D eigenvalue weighted by molar-refractivity contribution is -0.144. The molecule has 30 heavy (non-hydrogen) atoms. The van der Waals surface area contributed by atoms with Crippen LogP contribution >= 0.6 is 0 Å². The number of amides is 1. The van der Waals surface area contributed by atoms with Crippen molar-refractivity contribution in [2.45, 2.75) is 83.8 Å². The van der Waals surface area contributed by atoms with Crippen LogP contribution < -0.4 is 5.56 Å². The minimum absolute atomic E-state index is 0.0488. The Bertz CT molecular complexity index is 788. The van der Waals surface area contributed by atoms with E-state index in [2.05, 4.69) is 11.9 Å². The molecule has 6 nitrogen and oxygen atoms in total. The monoisotopic (exact) mass is 415 g/mol. The van der Waals surface area contributed by atoms with Crippen LogP contribution in [0.25, 0.3) is 0 Å². The number of piperidine rings is 1. The van der Waals surface area contributed by atoms with Crippen molar-refractivity contribution in [3.63, 3.8) is 0 Å². The Kier molecular flexibility index (Phi) is 6.61. The molecule has 0 bridgehead atoms. The molecule has 4 rings (SSSR count). The molecular weight excluding hydrogens is 378 g/mol. The van der Waals surface area contributed by atoms with Gasteiger partial charge in [0.1, 0.15) is 0 Å². The summed E-state index contributed by atoms with van der Waals surface area (Å²) in [7, 11) is 0. The van der Waals surface area contributed by atoms with Gasteiger partial charge in [0.2, 0.25) is 5.91 Å². The van der Waals surface area contributed by atoms with Crippen molar-refractivity contribution in [2.24, 2.45) is 23.2 Å². The molecule has 3 aliphatic rings. The van der Waals surface area contributed by atoms with E-state index in [9.17, 15) is 14.7 Å². The Balaban J connectivity index is 1.46. The van der Waals surface area contributed by atoms with Crippen molar-refractivity contribution in [2.75, 3.05) is 13.1 Å². The van der Waals surface area contributed by atoms with E-state index in [-0.39, 0.29) is 28.7 Å². The summed E-state index contributed by atoms with van der Waals surface area (Å²) in [6, 6.07) is 1.49. The Labute approximate surface area is 179 Å². The second kappa shape index (κ2) is 9.21. The molecule has 1 aromatic heterocycles. The molecule has 1 amide bonds. The highest BCUT2D eigenvalue weighted by atomic mass is 16.3. The molecule has 166 valence electrons. The highest BCUT2D eigenvalue weighted by Crippen LogP contribution is 2.49. The molecule has 0 radical (unpaired) electrons. The van der Waals surface area contributed by atoms with Gasteiger partial charge in [-0.2, -0.15) is 0 Å². The zero-order valence-electron chi connectivity index (χ0n) is 18.3. The van der Waals surface area contributed by atoms with Crippen molar-refractivity contribution >= 4 is 5.91 Å². The molecule has 1 aromatic rings. The van der Waals surface area contributed by atoms with Crippen LogP contribution in [-0.2, 0) is 11.3 Å². The van der Waals surface area contributed by atoms with Gasteiger partial charge in [0.25, 0.3) is 5.56 Å². The summed E-state index contributed by atoms with van der Waals surface area (Å²) in [5.41, 5.74) is -0.347. The normalized spacial score (nSPS) is 31.2. The third-order valence-electron chi connectivity index (χ3n) is 8.18. The molecule has 3 unspecified atom stereocenters. The number of likely N-dealkylation sites (tertiary alicyclic amines) is 1. The lowest BCUT2D eigenvalue weighted by Crippen LogP contribution is -2.56. The Morgan fingerprint density at radius 3 is 2.73 bits per heavy atom. The predicted octanol–water partition coefficient (Wildman–Crippen LogP) is 3.23. The third kappa shape index (κ3) is 4.34. The van der Waals surface area contributed by atoms with Crippen LogP contribution in [0.5, 0.6) is 0 Å². The molecule has 1 saturated heterocycles. The van der Waals surface area contributed by atoms with Crippen molar-refractivity contribution in [1.29, 1.82) is 0 Å². The Hall–Kier alpha value is -1.69. The van der Waals surface area contributed by atoms with E-state index in [4.69, 9.17) is 0 Å². The van der Waals surface area contributed by atoms with Crippen molar-refractivity contribution in [3.05, 3.63) is 28.9 Å². The number of carbonyl (C=O) groups is 1. The molecule has 4 atom stereocenters. The maximum absolute atomic E-state index is 13.3. The largest absolute Gasteiger partial charge is 0.392 e. The van der Waals surface area contributed by atoms with Gasteiger partial charge in [0.15, 0.2) is 0 Å². The zero-order chi connectivity index (χ0) is 21.1. The number of aromatic nitrogens is 2. The summed E-state index contributed by atoms with van der Waals surface area (Å²) in [6.45, 7) is 4.02. The third-order valence-corrected chi connectivity index (χ3v) is 8.18. The van der Waals surface area contributed by atoms with Gasteiger partial charge < -0.3 is 10.0 Å². The average Bonchev–Trinajstić information content (AvgIpc) is 3.11. The van der Waals surface area contributed by atoms with E-state index >= 15 is 0 Å². The van der Waals surface area contributed by atoms with Gasteiger partial charge in [-0.25, -0.2) is 4.98 Å². The first-order valence-electron chi connectivity index (χ1n) is 12.0. The zero-order valence-corrected chi connectivity index (χ0v) is 18.3. The second-order valence-corrected chi connectivity index (χ2v) is 10.1. The van der Waals surface area contributed by atoms with Gasteiger partial charge in [0.05, 0.1) is 12.4 Å². The maximum Gasteiger partial charge on any atom is 0.253 e. The molecular formula is C24H37N3O3. The summed E-state index contributed by atoms with van der Waals surface area (Å²) < 4.78 is 1.67. The van der Waals surface area contributed by atoms with Crippen LogP contribution in [0.15, 0.2) is 23.4 Å². The first kappa shape index (κ1) is 21.5. The summed E-state index contributed by atoms with van der Waals surface area (Å²) in [4.78, 5) is 31.7. The lowest BCUT2D eigenvalue weighted by atomic mass is 9.68. The number of rotatable bonds is 5. The number of hydrogen-bond acceptors (Lipinski definition) is 4. The van der Waals surface area contributed by atoms with E-state index < -0.39 is 6.10 Å². The summed E-state index contributed by atoms with van der Waals surface area (Å²) in [5.74, 6) is 1.20. The molecule has 0 aromatic carbocycles. The predicted molar refractivity (Wildman–Crippen MR) is 116 cm³/mol. The first-order valence-corrected chi connectivity index (χ1v) is 12.0. The summed E-state index contributed by atoms with van der Waals surface area (Å²) >= 11 is 0. The number of nitrogens with zero attached hydrogens (tertiary/aromatic N) is 3. The SMILES string of the molecule is C[C@H](CC1CCCCC1)C(=O)N1CCC(Cn2cnccc2=O)C2(CCCC2O)C1. The van der Waals surface area contributed by atoms with E-state index in [1.807, 2.05) is 4.90 Å². The van der Waals surface area contributed by atoms with E-state index in [0.29, 0.717) is 19.0 Å². The number of aliphatic hydroxyl groups excluding tert-OH is 1. The fourth-order valence-electron chi connectivity index (χ4n) is 6.45. The molecule has 6 heteroatoms. The molecule has 2 heterocycles. The molecule has 2 aliphatic carbocycles. The molecule has 1 aliphatic heterocycles. The van der Waals surface area contributed by atoms with Crippen molar-refractivity contribution in [3.8, 4) is 0 Å². The van der Waals surface area contributed by atoms with E-state index in [1.165, 1.54) is 44.4 Å². The average molecular weight is 416 g/mol. The van der Waals surface area contributed by atoms with Gasteiger partial charge in [-0.15, -0.1) is 0 Å². The van der Waals surface area contributed by atoms with Crippen LogP contribution in [0.2, 0.25) is 0 Å². The van der Waals surface area contributed by atoms with Crippen molar-refractivity contribution < 1.29 is 9.90 Å². The molecule has 2 saturated carbocycles. The van der Waals surface area contributed by atoms with E-state index in [1.54, 1.807) is 10.9 Å². The van der Waals surface area contributed by atoms with Gasteiger partial charge in [-0.05, 0) is 37.5 Å². The summed E-state index contributed by atoms with van der Waals surface area (Å²) in [6.07, 6.45) is 13.7. The highest BCUT2D eigenvalue weighted by molar-refractivity contribution is 5.78. The Morgan fingerprint density at radius 1 is 1.23 bits per heavy atom. The Morgan fingerprint density at radius 2 is 2.03 bits per heavy atom. The van der Waals surface area contributed by atoms with Gasteiger partial charge in [-0.3, -0.25) is 14.2 Å². The van der Waals surface area contributed by atoms with Crippen LogP contribution in [0.3, 0.4) is 0 Å². The van der Waals surface area contributed by atoms with Gasteiger partial charge in [0, 0.05) is 43.2 Å². The lowest BCUT2D eigenvalue weighted by Gasteiger charge is -2.49. The topological polar surface area (TPSA) is 75.4 Å². The number of aliphatic hydroxyl groups is 1. The maximum atomic E-state index is 13.3. The van der Waals surface area contributed by atoms with Gasteiger partial charge in [-0.1, -0.05) is 45.4 Å². The quantitative estimate of drug-likeness (QED) is 0.801. The van der Waals surface area contributed by atoms with Crippen LogP contribution in [0.1, 0.15) is 71.1 Å². The molecule has 1 N–H and O–H groups in total. The number of carbonyl (C=O) groups excluding carboxylic acids is 1. The van der Waals surface area contributed by atoms with E-state index in [0.717, 1.165) is 38.6 Å². The molecule has 1 spiro atoms. The second-order valence-electron chi connectivity index (χ2n) is 10.1. The fraction of sp³-hybridized carbons (Fsp3) is 0.792. The fourth-order valence-corrected chi connectivity index (χ4v) is 6.45. The first-order chi connectivity index (χ1) is 14.5. The number of hydrogen-bond donors (Lipinski definition) is 1. The summed E-state index contributed by atoms with van der Waals surface area (Å²) in [5, 5.41) is 11.0. The van der Waals surface area contributed by atoms with Crippen LogP contribution in [0.4, 0.5) is 0 Å². The van der Waals surface area contributed by atoms with Crippen LogP contribution in [-0.4, -0.2) is 44.7 Å². The van der Waals surface area contributed by atoms with Crippen LogP contribution in [0, 0.1) is 23.2 Å².